The second-order valence-electron chi connectivity index (χ2n) is 9.22. The molecule has 5 rings (SSSR count). The zero-order valence-electron chi connectivity index (χ0n) is 23.5. The molecule has 0 fully saturated rings. The fourth-order valence-corrected chi connectivity index (χ4v) is 5.64. The zero-order chi connectivity index (χ0) is 32.3. The molecule has 0 aliphatic carbocycles. The van der Waals surface area contributed by atoms with Gasteiger partial charge in [-0.1, -0.05) is 66.7 Å². The van der Waals surface area contributed by atoms with Crippen molar-refractivity contribution < 1.29 is 35.5 Å². The van der Waals surface area contributed by atoms with Crippen LogP contribution in [0.2, 0.25) is 0 Å². The van der Waals surface area contributed by atoms with Crippen LogP contribution in [0.25, 0.3) is 0 Å². The molecule has 0 aliphatic rings. The summed E-state index contributed by atoms with van der Waals surface area (Å²) >= 11 is 0. The standard InChI is InChI=1S/C19H17NO5S.C12H11NO5S/c21-18-11-16(12-20-26(22,23)17-9-5-2-6-10-17)24-14-19(18)25-13-15-7-3-1-4-8-15;14-11-6-9(18-8-12(11)15)7-13-19(16,17)10-4-2-1-3-5-10/h1-11,14,20H,12-13H2;1-6,8,13,15H,7H2. The van der Waals surface area contributed by atoms with Crippen LogP contribution < -0.4 is 25.0 Å². The Hall–Kier alpha value is -5.02. The Morgan fingerprint density at radius 3 is 1.53 bits per heavy atom. The summed E-state index contributed by atoms with van der Waals surface area (Å²) in [5, 5.41) is 9.00. The molecule has 0 spiro atoms. The third-order valence-electron chi connectivity index (χ3n) is 5.94. The minimum Gasteiger partial charge on any atom is -0.502 e. The van der Waals surface area contributed by atoms with E-state index in [2.05, 4.69) is 9.44 Å². The normalized spacial score (nSPS) is 11.3. The van der Waals surface area contributed by atoms with Gasteiger partial charge in [0.25, 0.3) is 0 Å². The number of rotatable bonds is 11. The monoisotopic (exact) mass is 652 g/mol. The summed E-state index contributed by atoms with van der Waals surface area (Å²) < 4.78 is 68.4. The van der Waals surface area contributed by atoms with Crippen molar-refractivity contribution in [3.8, 4) is 11.5 Å². The van der Waals surface area contributed by atoms with Crippen LogP contribution in [0.4, 0.5) is 0 Å². The molecule has 0 saturated heterocycles. The quantitative estimate of drug-likeness (QED) is 0.191. The van der Waals surface area contributed by atoms with Gasteiger partial charge in [0.15, 0.2) is 5.75 Å². The van der Waals surface area contributed by atoms with Crippen LogP contribution in [-0.2, 0) is 39.7 Å². The van der Waals surface area contributed by atoms with Gasteiger partial charge < -0.3 is 18.7 Å². The Morgan fingerprint density at radius 1 is 0.622 bits per heavy atom. The van der Waals surface area contributed by atoms with E-state index in [-0.39, 0.29) is 52.2 Å². The molecule has 0 bridgehead atoms. The van der Waals surface area contributed by atoms with E-state index in [1.165, 1.54) is 36.6 Å². The third kappa shape index (κ3) is 9.74. The van der Waals surface area contributed by atoms with Crippen molar-refractivity contribution in [2.75, 3.05) is 0 Å². The lowest BCUT2D eigenvalue weighted by Crippen LogP contribution is -2.23. The van der Waals surface area contributed by atoms with Gasteiger partial charge in [0.05, 0.1) is 22.9 Å². The molecule has 0 aliphatic heterocycles. The van der Waals surface area contributed by atoms with E-state index in [0.717, 1.165) is 17.9 Å². The molecule has 0 saturated carbocycles. The smallest absolute Gasteiger partial charge is 0.240 e. The van der Waals surface area contributed by atoms with Gasteiger partial charge in [-0.25, -0.2) is 26.3 Å². The van der Waals surface area contributed by atoms with Crippen molar-refractivity contribution in [1.82, 2.24) is 9.44 Å². The highest BCUT2D eigenvalue weighted by atomic mass is 32.2. The predicted molar refractivity (Wildman–Crippen MR) is 163 cm³/mol. The van der Waals surface area contributed by atoms with E-state index >= 15 is 0 Å². The van der Waals surface area contributed by atoms with Gasteiger partial charge in [-0.3, -0.25) is 9.59 Å². The first-order chi connectivity index (χ1) is 21.5. The predicted octanol–water partition coefficient (Wildman–Crippen LogP) is 3.52. The van der Waals surface area contributed by atoms with Crippen molar-refractivity contribution in [3.05, 3.63) is 153 Å². The minimum absolute atomic E-state index is 0.0727. The molecular weight excluding hydrogens is 624 g/mol. The lowest BCUT2D eigenvalue weighted by Gasteiger charge is -2.08. The summed E-state index contributed by atoms with van der Waals surface area (Å²) in [6.45, 7) is -0.0657. The number of benzene rings is 3. The number of sulfonamides is 2. The molecular formula is C31H28N2O10S2. The van der Waals surface area contributed by atoms with Crippen LogP contribution >= 0.6 is 0 Å². The Balaban J connectivity index is 0.000000215. The van der Waals surface area contributed by atoms with E-state index < -0.39 is 31.2 Å². The average Bonchev–Trinajstić information content (AvgIpc) is 3.05. The fourth-order valence-electron chi connectivity index (χ4n) is 3.61. The summed E-state index contributed by atoms with van der Waals surface area (Å²) in [6.07, 6.45) is 2.06. The van der Waals surface area contributed by atoms with E-state index in [9.17, 15) is 26.4 Å². The van der Waals surface area contributed by atoms with Crippen LogP contribution in [-0.4, -0.2) is 21.9 Å². The van der Waals surface area contributed by atoms with E-state index in [1.807, 2.05) is 30.3 Å². The lowest BCUT2D eigenvalue weighted by molar-refractivity contribution is 0.289. The van der Waals surface area contributed by atoms with Gasteiger partial charge in [-0.2, -0.15) is 0 Å². The summed E-state index contributed by atoms with van der Waals surface area (Å²) in [4.78, 5) is 23.5. The number of hydrogen-bond acceptors (Lipinski definition) is 10. The summed E-state index contributed by atoms with van der Waals surface area (Å²) in [5.41, 5.74) is -0.0761. The summed E-state index contributed by atoms with van der Waals surface area (Å²) in [5.74, 6) is -0.137. The first kappa shape index (κ1) is 32.9. The number of ether oxygens (including phenoxy) is 1. The summed E-state index contributed by atoms with van der Waals surface area (Å²) in [7, 11) is -7.33. The molecule has 0 atom stereocenters. The SMILES string of the molecule is O=c1cc(CNS(=O)(=O)c2ccccc2)occ1O.O=c1cc(CNS(=O)(=O)c2ccccc2)occ1OCc1ccccc1. The molecule has 2 aromatic heterocycles. The highest BCUT2D eigenvalue weighted by molar-refractivity contribution is 7.89. The molecule has 14 heteroatoms. The van der Waals surface area contributed by atoms with Crippen LogP contribution in [0.3, 0.4) is 0 Å². The first-order valence-electron chi connectivity index (χ1n) is 13.2. The highest BCUT2D eigenvalue weighted by Gasteiger charge is 2.15. The molecule has 45 heavy (non-hydrogen) atoms. The van der Waals surface area contributed by atoms with Crippen molar-refractivity contribution in [2.24, 2.45) is 0 Å². The molecule has 0 radical (unpaired) electrons. The van der Waals surface area contributed by atoms with Crippen LogP contribution in [0, 0.1) is 0 Å². The van der Waals surface area contributed by atoms with Gasteiger partial charge in [0.1, 0.15) is 30.7 Å². The fraction of sp³-hybridized carbons (Fsp3) is 0.0968. The maximum absolute atomic E-state index is 12.2. The number of nitrogens with one attached hydrogen (secondary N) is 2. The largest absolute Gasteiger partial charge is 0.502 e. The maximum Gasteiger partial charge on any atom is 0.240 e. The molecule has 12 nitrogen and oxygen atoms in total. The Labute approximate surface area is 258 Å². The number of hydrogen-bond donors (Lipinski definition) is 3. The Morgan fingerprint density at radius 2 is 1.07 bits per heavy atom. The second kappa shape index (κ2) is 15.1. The van der Waals surface area contributed by atoms with Crippen molar-refractivity contribution >= 4 is 20.0 Å². The molecule has 2 heterocycles. The molecule has 234 valence electrons. The Bertz CT molecular complexity index is 2030. The lowest BCUT2D eigenvalue weighted by atomic mass is 10.2. The molecule has 3 aromatic carbocycles. The van der Waals surface area contributed by atoms with Crippen LogP contribution in [0.5, 0.6) is 11.5 Å². The van der Waals surface area contributed by atoms with Gasteiger partial charge in [0.2, 0.25) is 36.7 Å². The highest BCUT2D eigenvalue weighted by Crippen LogP contribution is 2.12. The second-order valence-corrected chi connectivity index (χ2v) is 12.8. The van der Waals surface area contributed by atoms with Crippen LogP contribution in [0.15, 0.2) is 144 Å². The number of aromatic hydroxyl groups is 1. The summed E-state index contributed by atoms with van der Waals surface area (Å²) in [6, 6.07) is 27.5. The molecule has 5 aromatic rings. The van der Waals surface area contributed by atoms with Crippen molar-refractivity contribution in [3.63, 3.8) is 0 Å². The zero-order valence-corrected chi connectivity index (χ0v) is 25.2. The van der Waals surface area contributed by atoms with E-state index in [1.54, 1.807) is 36.4 Å². The molecule has 0 unspecified atom stereocenters. The van der Waals surface area contributed by atoms with Gasteiger partial charge in [-0.15, -0.1) is 0 Å². The van der Waals surface area contributed by atoms with Gasteiger partial charge in [0, 0.05) is 12.1 Å². The molecule has 3 N–H and O–H groups in total. The Kier molecular flexibility index (Phi) is 11.0. The van der Waals surface area contributed by atoms with Crippen molar-refractivity contribution in [2.45, 2.75) is 29.5 Å². The van der Waals surface area contributed by atoms with E-state index in [0.29, 0.717) is 0 Å². The van der Waals surface area contributed by atoms with Crippen molar-refractivity contribution in [1.29, 1.82) is 0 Å². The van der Waals surface area contributed by atoms with Gasteiger partial charge in [-0.05, 0) is 29.8 Å². The maximum atomic E-state index is 12.2. The third-order valence-corrected chi connectivity index (χ3v) is 8.77. The topological polar surface area (TPSA) is 182 Å². The minimum atomic E-state index is -3.67. The first-order valence-corrected chi connectivity index (χ1v) is 16.2. The van der Waals surface area contributed by atoms with Gasteiger partial charge >= 0.3 is 0 Å². The van der Waals surface area contributed by atoms with Crippen LogP contribution in [0.1, 0.15) is 17.1 Å². The average molecular weight is 653 g/mol. The molecule has 0 amide bonds. The van der Waals surface area contributed by atoms with E-state index in [4.69, 9.17) is 18.7 Å².